The number of benzene rings is 2. The molecular weight excluding hydrogens is 380 g/mol. The van der Waals surface area contributed by atoms with Gasteiger partial charge in [-0.1, -0.05) is 48.0 Å². The Morgan fingerprint density at radius 3 is 2.52 bits per heavy atom. The number of carbonyl (C=O) groups excluding carboxylic acids is 2. The van der Waals surface area contributed by atoms with Crippen LogP contribution in [0.2, 0.25) is 0 Å². The Balaban J connectivity index is 1.41. The summed E-state index contributed by atoms with van der Waals surface area (Å²) < 4.78 is 0. The smallest absolute Gasteiger partial charge is 0.261 e. The molecule has 2 amide bonds. The Hall–Kier alpha value is -2.92. The summed E-state index contributed by atoms with van der Waals surface area (Å²) in [5, 5.41) is 4.80. The maximum absolute atomic E-state index is 13.1. The molecule has 148 valence electrons. The number of nitrogens with one attached hydrogen (secondary N) is 1. The summed E-state index contributed by atoms with van der Waals surface area (Å²) in [6, 6.07) is 19.8. The summed E-state index contributed by atoms with van der Waals surface area (Å²) in [6.07, 6.45) is 2.03. The third-order valence-corrected chi connectivity index (χ3v) is 6.24. The van der Waals surface area contributed by atoms with Crippen LogP contribution in [-0.2, 0) is 6.54 Å². The molecule has 0 radical (unpaired) electrons. The molecule has 1 atom stereocenters. The van der Waals surface area contributed by atoms with E-state index in [1.54, 1.807) is 0 Å². The van der Waals surface area contributed by atoms with Crippen LogP contribution in [0.25, 0.3) is 0 Å². The molecule has 0 spiro atoms. The van der Waals surface area contributed by atoms with Gasteiger partial charge in [-0.2, -0.15) is 0 Å². The highest BCUT2D eigenvalue weighted by atomic mass is 32.1. The van der Waals surface area contributed by atoms with Gasteiger partial charge in [0.1, 0.15) is 0 Å². The van der Waals surface area contributed by atoms with Crippen LogP contribution < -0.4 is 5.32 Å². The molecule has 5 heteroatoms. The lowest BCUT2D eigenvalue weighted by Gasteiger charge is -2.25. The van der Waals surface area contributed by atoms with Crippen molar-refractivity contribution in [2.75, 3.05) is 6.54 Å². The number of aryl methyl sites for hydroxylation is 1. The minimum atomic E-state index is -0.0711. The standard InChI is InChI=1S/C24H24N2O2S/c1-17-6-10-19(11-7-17)21-4-2-14-26(21)24(28)20-12-8-18(9-13-20)16-25-23(27)22-5-3-15-29-22/h3,5-13,15,21H,2,4,14,16H2,1H3,(H,25,27). The van der Waals surface area contributed by atoms with Crippen molar-refractivity contribution in [1.29, 1.82) is 0 Å². The quantitative estimate of drug-likeness (QED) is 0.653. The summed E-state index contributed by atoms with van der Waals surface area (Å²) in [7, 11) is 0. The molecule has 0 saturated carbocycles. The highest BCUT2D eigenvalue weighted by molar-refractivity contribution is 7.12. The number of thiophene rings is 1. The second-order valence-corrected chi connectivity index (χ2v) is 8.37. The largest absolute Gasteiger partial charge is 0.347 e. The minimum Gasteiger partial charge on any atom is -0.347 e. The maximum Gasteiger partial charge on any atom is 0.261 e. The van der Waals surface area contributed by atoms with Crippen LogP contribution in [0.5, 0.6) is 0 Å². The van der Waals surface area contributed by atoms with Crippen molar-refractivity contribution < 1.29 is 9.59 Å². The van der Waals surface area contributed by atoms with Gasteiger partial charge in [0.05, 0.1) is 10.9 Å². The SMILES string of the molecule is Cc1ccc(C2CCCN2C(=O)c2ccc(CNC(=O)c3cccs3)cc2)cc1. The molecule has 0 bridgehead atoms. The fraction of sp³-hybridized carbons (Fsp3) is 0.250. The van der Waals surface area contributed by atoms with E-state index in [0.29, 0.717) is 17.0 Å². The van der Waals surface area contributed by atoms with E-state index < -0.39 is 0 Å². The van der Waals surface area contributed by atoms with Crippen molar-refractivity contribution >= 4 is 23.2 Å². The molecule has 1 aliphatic rings. The van der Waals surface area contributed by atoms with Crippen LogP contribution in [-0.4, -0.2) is 23.3 Å². The minimum absolute atomic E-state index is 0.0711. The number of amides is 2. The molecule has 1 aromatic heterocycles. The molecular formula is C24H24N2O2S. The van der Waals surface area contributed by atoms with Gasteiger partial charge in [0.25, 0.3) is 11.8 Å². The van der Waals surface area contributed by atoms with Gasteiger partial charge in [0.2, 0.25) is 0 Å². The van der Waals surface area contributed by atoms with E-state index in [1.165, 1.54) is 22.5 Å². The Morgan fingerprint density at radius 2 is 1.83 bits per heavy atom. The Bertz CT molecular complexity index is 979. The predicted molar refractivity (Wildman–Crippen MR) is 116 cm³/mol. The third kappa shape index (κ3) is 4.40. The van der Waals surface area contributed by atoms with E-state index in [0.717, 1.165) is 24.9 Å². The molecule has 1 aliphatic heterocycles. The number of hydrogen-bond donors (Lipinski definition) is 1. The fourth-order valence-corrected chi connectivity index (χ4v) is 4.39. The van der Waals surface area contributed by atoms with E-state index in [9.17, 15) is 9.59 Å². The van der Waals surface area contributed by atoms with Crippen molar-refractivity contribution in [2.24, 2.45) is 0 Å². The number of nitrogens with zero attached hydrogens (tertiary/aromatic N) is 1. The highest BCUT2D eigenvalue weighted by Crippen LogP contribution is 2.33. The lowest BCUT2D eigenvalue weighted by molar-refractivity contribution is 0.0735. The van der Waals surface area contributed by atoms with Gasteiger partial charge in [0.15, 0.2) is 0 Å². The highest BCUT2D eigenvalue weighted by Gasteiger charge is 2.30. The van der Waals surface area contributed by atoms with Gasteiger partial charge >= 0.3 is 0 Å². The van der Waals surface area contributed by atoms with Crippen molar-refractivity contribution in [1.82, 2.24) is 10.2 Å². The average Bonchev–Trinajstić information content (AvgIpc) is 3.45. The molecule has 2 aromatic carbocycles. The molecule has 1 N–H and O–H groups in total. The summed E-state index contributed by atoms with van der Waals surface area (Å²) in [4.78, 5) is 27.8. The van der Waals surface area contributed by atoms with Crippen molar-refractivity contribution in [3.05, 3.63) is 93.2 Å². The molecule has 3 aromatic rings. The number of hydrogen-bond acceptors (Lipinski definition) is 3. The lowest BCUT2D eigenvalue weighted by Crippen LogP contribution is -2.30. The van der Waals surface area contributed by atoms with Gasteiger partial charge in [-0.15, -0.1) is 11.3 Å². The summed E-state index contributed by atoms with van der Waals surface area (Å²) in [5.41, 5.74) is 4.10. The van der Waals surface area contributed by atoms with Gasteiger partial charge in [-0.05, 0) is 54.5 Å². The van der Waals surface area contributed by atoms with E-state index in [1.807, 2.05) is 46.7 Å². The molecule has 4 nitrogen and oxygen atoms in total. The van der Waals surface area contributed by atoms with E-state index in [-0.39, 0.29) is 17.9 Å². The van der Waals surface area contributed by atoms with Crippen LogP contribution in [0, 0.1) is 6.92 Å². The first-order chi connectivity index (χ1) is 14.1. The van der Waals surface area contributed by atoms with E-state index >= 15 is 0 Å². The van der Waals surface area contributed by atoms with Crippen molar-refractivity contribution in [3.63, 3.8) is 0 Å². The summed E-state index contributed by atoms with van der Waals surface area (Å²) >= 11 is 1.42. The second kappa shape index (κ2) is 8.62. The topological polar surface area (TPSA) is 49.4 Å². The second-order valence-electron chi connectivity index (χ2n) is 7.42. The summed E-state index contributed by atoms with van der Waals surface area (Å²) in [6.45, 7) is 3.31. The van der Waals surface area contributed by atoms with Crippen molar-refractivity contribution in [3.8, 4) is 0 Å². The molecule has 29 heavy (non-hydrogen) atoms. The van der Waals surface area contributed by atoms with Crippen LogP contribution in [0.4, 0.5) is 0 Å². The van der Waals surface area contributed by atoms with E-state index in [4.69, 9.17) is 0 Å². The van der Waals surface area contributed by atoms with Gasteiger partial charge in [-0.25, -0.2) is 0 Å². The van der Waals surface area contributed by atoms with Crippen LogP contribution in [0.3, 0.4) is 0 Å². The number of rotatable bonds is 5. The zero-order valence-electron chi connectivity index (χ0n) is 16.4. The monoisotopic (exact) mass is 404 g/mol. The van der Waals surface area contributed by atoms with Crippen molar-refractivity contribution in [2.45, 2.75) is 32.4 Å². The number of carbonyl (C=O) groups is 2. The lowest BCUT2D eigenvalue weighted by atomic mass is 10.0. The zero-order valence-corrected chi connectivity index (χ0v) is 17.2. The molecule has 1 saturated heterocycles. The number of likely N-dealkylation sites (tertiary alicyclic amines) is 1. The average molecular weight is 405 g/mol. The van der Waals surface area contributed by atoms with Crippen LogP contribution in [0.15, 0.2) is 66.0 Å². The normalized spacial score (nSPS) is 16.0. The first-order valence-corrected chi connectivity index (χ1v) is 10.8. The van der Waals surface area contributed by atoms with Crippen LogP contribution >= 0.6 is 11.3 Å². The van der Waals surface area contributed by atoms with Gasteiger partial charge < -0.3 is 10.2 Å². The Kier molecular flexibility index (Phi) is 5.76. The van der Waals surface area contributed by atoms with Gasteiger partial charge in [-0.3, -0.25) is 9.59 Å². The molecule has 1 unspecified atom stereocenters. The Morgan fingerprint density at radius 1 is 1.07 bits per heavy atom. The molecule has 4 rings (SSSR count). The van der Waals surface area contributed by atoms with E-state index in [2.05, 4.69) is 36.5 Å². The molecule has 2 heterocycles. The maximum atomic E-state index is 13.1. The third-order valence-electron chi connectivity index (χ3n) is 5.37. The zero-order chi connectivity index (χ0) is 20.2. The first kappa shape index (κ1) is 19.4. The summed E-state index contributed by atoms with van der Waals surface area (Å²) in [5.74, 6) is 0.000375. The first-order valence-electron chi connectivity index (χ1n) is 9.90. The molecule has 1 fully saturated rings. The van der Waals surface area contributed by atoms with Gasteiger partial charge in [0, 0.05) is 18.7 Å². The van der Waals surface area contributed by atoms with Crippen LogP contribution in [0.1, 0.15) is 55.6 Å². The predicted octanol–water partition coefficient (Wildman–Crippen LogP) is 4.96. The Labute approximate surface area is 175 Å². The fourth-order valence-electron chi connectivity index (χ4n) is 3.75. The molecule has 0 aliphatic carbocycles.